The lowest BCUT2D eigenvalue weighted by Gasteiger charge is -1.99. The predicted molar refractivity (Wildman–Crippen MR) is 56.6 cm³/mol. The largest absolute Gasteiger partial charge is 0.417 e. The van der Waals surface area contributed by atoms with Gasteiger partial charge in [0.2, 0.25) is 0 Å². The van der Waals surface area contributed by atoms with E-state index in [2.05, 4.69) is 20.9 Å². The Kier molecular flexibility index (Phi) is 3.03. The van der Waals surface area contributed by atoms with Gasteiger partial charge in [-0.3, -0.25) is 0 Å². The number of nitrogens with zero attached hydrogens (tertiary/aromatic N) is 1. The van der Waals surface area contributed by atoms with Gasteiger partial charge in [0.15, 0.2) is 0 Å². The van der Waals surface area contributed by atoms with Crippen molar-refractivity contribution in [3.63, 3.8) is 0 Å². The number of benzene rings is 1. The first-order chi connectivity index (χ1) is 7.28. The summed E-state index contributed by atoms with van der Waals surface area (Å²) in [4.78, 5) is 3.90. The average molecular weight is 270 g/mol. The molecule has 2 aromatic rings. The Morgan fingerprint density at radius 3 is 2.67 bits per heavy atom. The third kappa shape index (κ3) is 2.57. The molecular weight excluding hydrogens is 262 g/mol. The van der Waals surface area contributed by atoms with Crippen LogP contribution in [-0.4, -0.2) is 10.1 Å². The normalized spacial score (nSPS) is 10.3. The molecule has 0 radical (unpaired) electrons. The highest BCUT2D eigenvalue weighted by Crippen LogP contribution is 2.22. The maximum Gasteiger partial charge on any atom is 0.399 e. The SMILES string of the molecule is OCc1coc(Oc2ccc(Br)cc2)n1. The minimum atomic E-state index is -0.160. The zero-order valence-electron chi connectivity index (χ0n) is 7.68. The molecule has 0 atom stereocenters. The van der Waals surface area contributed by atoms with E-state index in [1.807, 2.05) is 12.1 Å². The Hall–Kier alpha value is -1.33. The first kappa shape index (κ1) is 10.2. The maximum absolute atomic E-state index is 8.77. The molecule has 0 aliphatic rings. The molecule has 1 heterocycles. The van der Waals surface area contributed by atoms with E-state index in [9.17, 15) is 0 Å². The number of ether oxygens (including phenoxy) is 1. The van der Waals surface area contributed by atoms with Gasteiger partial charge in [-0.25, -0.2) is 0 Å². The summed E-state index contributed by atoms with van der Waals surface area (Å²) in [5.41, 5.74) is 0.446. The first-order valence-electron chi connectivity index (χ1n) is 4.26. The van der Waals surface area contributed by atoms with E-state index in [-0.39, 0.29) is 12.7 Å². The molecular formula is C10H8BrNO3. The number of hydrogen-bond donors (Lipinski definition) is 1. The summed E-state index contributed by atoms with van der Waals surface area (Å²) >= 11 is 3.32. The minimum absolute atomic E-state index is 0.126. The number of aliphatic hydroxyl groups excluding tert-OH is 1. The van der Waals surface area contributed by atoms with E-state index in [0.717, 1.165) is 4.47 Å². The van der Waals surface area contributed by atoms with Gasteiger partial charge >= 0.3 is 6.08 Å². The van der Waals surface area contributed by atoms with Crippen LogP contribution in [0.25, 0.3) is 0 Å². The van der Waals surface area contributed by atoms with Crippen molar-refractivity contribution in [3.8, 4) is 11.8 Å². The molecule has 0 saturated carbocycles. The summed E-state index contributed by atoms with van der Waals surface area (Å²) in [6, 6.07) is 7.27. The minimum Gasteiger partial charge on any atom is -0.417 e. The van der Waals surface area contributed by atoms with E-state index in [0.29, 0.717) is 11.4 Å². The average Bonchev–Trinajstić information content (AvgIpc) is 2.69. The second-order valence-electron chi connectivity index (χ2n) is 2.82. The molecule has 0 aliphatic heterocycles. The fraction of sp³-hybridized carbons (Fsp3) is 0.100. The van der Waals surface area contributed by atoms with Crippen LogP contribution in [0.5, 0.6) is 11.8 Å². The zero-order chi connectivity index (χ0) is 10.7. The predicted octanol–water partition coefficient (Wildman–Crippen LogP) is 2.72. The standard InChI is InChI=1S/C10H8BrNO3/c11-7-1-3-9(4-2-7)15-10-12-8(5-13)6-14-10/h1-4,6,13H,5H2. The van der Waals surface area contributed by atoms with Crippen LogP contribution in [-0.2, 0) is 6.61 Å². The number of aliphatic hydroxyl groups is 1. The quantitative estimate of drug-likeness (QED) is 0.931. The van der Waals surface area contributed by atoms with Gasteiger partial charge in [0.25, 0.3) is 0 Å². The van der Waals surface area contributed by atoms with E-state index >= 15 is 0 Å². The van der Waals surface area contributed by atoms with E-state index < -0.39 is 0 Å². The van der Waals surface area contributed by atoms with Crippen molar-refractivity contribution >= 4 is 15.9 Å². The number of rotatable bonds is 3. The number of oxazole rings is 1. The van der Waals surface area contributed by atoms with E-state index in [1.165, 1.54) is 6.26 Å². The maximum atomic E-state index is 8.77. The highest BCUT2D eigenvalue weighted by molar-refractivity contribution is 9.10. The van der Waals surface area contributed by atoms with Crippen LogP contribution in [0.4, 0.5) is 0 Å². The molecule has 0 amide bonds. The fourth-order valence-corrected chi connectivity index (χ4v) is 1.28. The lowest BCUT2D eigenvalue weighted by atomic mass is 10.3. The van der Waals surface area contributed by atoms with Gasteiger partial charge in [0, 0.05) is 4.47 Å². The van der Waals surface area contributed by atoms with Gasteiger partial charge in [-0.05, 0) is 24.3 Å². The number of hydrogen-bond acceptors (Lipinski definition) is 4. The Balaban J connectivity index is 2.11. The smallest absolute Gasteiger partial charge is 0.399 e. The molecule has 1 aromatic carbocycles. The van der Waals surface area contributed by atoms with Crippen LogP contribution in [0.3, 0.4) is 0 Å². The highest BCUT2D eigenvalue weighted by Gasteiger charge is 2.04. The van der Waals surface area contributed by atoms with Crippen molar-refractivity contribution < 1.29 is 14.3 Å². The first-order valence-corrected chi connectivity index (χ1v) is 5.06. The third-order valence-electron chi connectivity index (χ3n) is 1.71. The van der Waals surface area contributed by atoms with Gasteiger partial charge in [0.1, 0.15) is 17.7 Å². The summed E-state index contributed by atoms with van der Waals surface area (Å²) in [6.07, 6.45) is 1.48. The molecule has 0 unspecified atom stereocenters. The van der Waals surface area contributed by atoms with Gasteiger partial charge in [0.05, 0.1) is 6.61 Å². The number of halogens is 1. The Labute approximate surface area is 94.6 Å². The van der Waals surface area contributed by atoms with Crippen molar-refractivity contribution in [1.29, 1.82) is 0 Å². The van der Waals surface area contributed by atoms with Crippen molar-refractivity contribution in [1.82, 2.24) is 4.98 Å². The Bertz CT molecular complexity index is 438. The summed E-state index contributed by atoms with van der Waals surface area (Å²) in [6.45, 7) is -0.160. The van der Waals surface area contributed by atoms with Gasteiger partial charge in [-0.15, -0.1) is 0 Å². The van der Waals surface area contributed by atoms with Crippen molar-refractivity contribution in [3.05, 3.63) is 40.7 Å². The molecule has 15 heavy (non-hydrogen) atoms. The Morgan fingerprint density at radius 2 is 2.07 bits per heavy atom. The van der Waals surface area contributed by atoms with Crippen LogP contribution >= 0.6 is 15.9 Å². The molecule has 4 nitrogen and oxygen atoms in total. The van der Waals surface area contributed by atoms with Crippen molar-refractivity contribution in [2.24, 2.45) is 0 Å². The fourth-order valence-electron chi connectivity index (χ4n) is 1.01. The molecule has 0 bridgehead atoms. The third-order valence-corrected chi connectivity index (χ3v) is 2.24. The second kappa shape index (κ2) is 4.46. The van der Waals surface area contributed by atoms with E-state index in [4.69, 9.17) is 14.3 Å². The molecule has 0 spiro atoms. The van der Waals surface area contributed by atoms with Crippen LogP contribution in [0.15, 0.2) is 39.4 Å². The molecule has 1 aromatic heterocycles. The van der Waals surface area contributed by atoms with Gasteiger partial charge in [-0.2, -0.15) is 4.98 Å². The molecule has 2 rings (SSSR count). The molecule has 5 heteroatoms. The lowest BCUT2D eigenvalue weighted by Crippen LogP contribution is -1.85. The summed E-state index contributed by atoms with van der Waals surface area (Å²) < 4.78 is 11.3. The summed E-state index contributed by atoms with van der Waals surface area (Å²) in [5.74, 6) is 0.629. The molecule has 78 valence electrons. The van der Waals surface area contributed by atoms with Crippen molar-refractivity contribution in [2.75, 3.05) is 0 Å². The van der Waals surface area contributed by atoms with E-state index in [1.54, 1.807) is 12.1 Å². The van der Waals surface area contributed by atoms with Crippen LogP contribution in [0.1, 0.15) is 5.69 Å². The van der Waals surface area contributed by atoms with Gasteiger partial charge in [-0.1, -0.05) is 15.9 Å². The molecule has 1 N–H and O–H groups in total. The topological polar surface area (TPSA) is 55.5 Å². The number of aromatic nitrogens is 1. The highest BCUT2D eigenvalue weighted by atomic mass is 79.9. The van der Waals surface area contributed by atoms with Gasteiger partial charge < -0.3 is 14.3 Å². The van der Waals surface area contributed by atoms with Crippen molar-refractivity contribution in [2.45, 2.75) is 6.61 Å². The second-order valence-corrected chi connectivity index (χ2v) is 3.73. The summed E-state index contributed by atoms with van der Waals surface area (Å²) in [7, 11) is 0. The molecule has 0 aliphatic carbocycles. The van der Waals surface area contributed by atoms with Crippen LogP contribution < -0.4 is 4.74 Å². The molecule has 0 saturated heterocycles. The summed E-state index contributed by atoms with van der Waals surface area (Å²) in [5, 5.41) is 8.77. The zero-order valence-corrected chi connectivity index (χ0v) is 9.27. The molecule has 0 fully saturated rings. The van der Waals surface area contributed by atoms with Crippen LogP contribution in [0, 0.1) is 0 Å². The Morgan fingerprint density at radius 1 is 1.33 bits per heavy atom. The monoisotopic (exact) mass is 269 g/mol. The van der Waals surface area contributed by atoms with Crippen LogP contribution in [0.2, 0.25) is 0 Å². The lowest BCUT2D eigenvalue weighted by molar-refractivity contribution is 0.276.